The summed E-state index contributed by atoms with van der Waals surface area (Å²) in [5, 5.41) is 5.25. The van der Waals surface area contributed by atoms with Crippen LogP contribution in [0.3, 0.4) is 0 Å². The van der Waals surface area contributed by atoms with E-state index in [1.807, 2.05) is 11.3 Å². The predicted molar refractivity (Wildman–Crippen MR) is 260 cm³/mol. The Bertz CT molecular complexity index is 3350. The largest absolute Gasteiger partial charge is 0.311 e. The number of anilines is 3. The molecular weight excluding hydrogens is 755 g/mol. The van der Waals surface area contributed by atoms with E-state index in [4.69, 9.17) is 0 Å². The lowest BCUT2D eigenvalue weighted by molar-refractivity contribution is 0.768. The Balaban J connectivity index is 0.951. The smallest absolute Gasteiger partial charge is 0.0713 e. The molecule has 1 heterocycles. The first-order valence-electron chi connectivity index (χ1n) is 21.0. The summed E-state index contributed by atoms with van der Waals surface area (Å²) in [5.74, 6) is 0. The lowest BCUT2D eigenvalue weighted by atomic mass is 9.67. The molecule has 0 fully saturated rings. The quantitative estimate of drug-likeness (QED) is 0.155. The fraction of sp³-hybridized carbons (Fsp3) is 0.0169. The summed E-state index contributed by atoms with van der Waals surface area (Å²) < 4.78 is 2.68. The van der Waals surface area contributed by atoms with E-state index in [1.54, 1.807) is 0 Å². The summed E-state index contributed by atoms with van der Waals surface area (Å²) in [6.07, 6.45) is 0. The van der Waals surface area contributed by atoms with Crippen molar-refractivity contribution in [2.24, 2.45) is 0 Å². The van der Waals surface area contributed by atoms with Crippen LogP contribution >= 0.6 is 11.3 Å². The zero-order valence-corrected chi connectivity index (χ0v) is 34.2. The van der Waals surface area contributed by atoms with Gasteiger partial charge < -0.3 is 4.90 Å². The third-order valence-electron chi connectivity index (χ3n) is 12.8. The lowest BCUT2D eigenvalue weighted by Crippen LogP contribution is -2.28. The molecule has 0 atom stereocenters. The minimum absolute atomic E-state index is 0.433. The van der Waals surface area contributed by atoms with Crippen molar-refractivity contribution in [3.63, 3.8) is 0 Å². The average Bonchev–Trinajstić information content (AvgIpc) is 3.88. The van der Waals surface area contributed by atoms with E-state index in [-0.39, 0.29) is 0 Å². The van der Waals surface area contributed by atoms with Gasteiger partial charge in [0.15, 0.2) is 0 Å². The van der Waals surface area contributed by atoms with Crippen molar-refractivity contribution in [2.45, 2.75) is 5.41 Å². The molecule has 0 N–H and O–H groups in total. The highest BCUT2D eigenvalue weighted by molar-refractivity contribution is 7.27. The topological polar surface area (TPSA) is 3.24 Å². The second-order valence-corrected chi connectivity index (χ2v) is 17.0. The van der Waals surface area contributed by atoms with Crippen molar-refractivity contribution in [3.8, 4) is 33.4 Å². The molecule has 0 spiro atoms. The van der Waals surface area contributed by atoms with E-state index in [0.29, 0.717) is 0 Å². The van der Waals surface area contributed by atoms with Crippen LogP contribution in [-0.4, -0.2) is 0 Å². The molecule has 0 aliphatic heterocycles. The molecule has 0 saturated carbocycles. The van der Waals surface area contributed by atoms with Crippen LogP contribution in [0.25, 0.3) is 64.3 Å². The molecule has 11 aromatic rings. The van der Waals surface area contributed by atoms with Gasteiger partial charge in [-0.2, -0.15) is 0 Å². The third kappa shape index (κ3) is 5.53. The molecule has 10 aromatic carbocycles. The van der Waals surface area contributed by atoms with Gasteiger partial charge in [-0.05, 0) is 103 Å². The average molecular weight is 794 g/mol. The number of hydrogen-bond acceptors (Lipinski definition) is 2. The van der Waals surface area contributed by atoms with Gasteiger partial charge in [0.1, 0.15) is 0 Å². The molecule has 1 aliphatic carbocycles. The van der Waals surface area contributed by atoms with Gasteiger partial charge in [0.05, 0.1) is 5.41 Å². The Hall–Kier alpha value is -7.52. The SMILES string of the molecule is c1ccc(N(c2ccc(-c3cccc4c3-c3ccccc3C4(c3ccccc3)c3ccccc3)cc2)c2ccc(-c3cccc4c3sc3c5ccccc5ccc43)cc2)cc1. The predicted octanol–water partition coefficient (Wildman–Crippen LogP) is 16.4. The molecule has 1 aromatic heterocycles. The van der Waals surface area contributed by atoms with E-state index in [9.17, 15) is 0 Å². The molecule has 1 nitrogen and oxygen atoms in total. The summed E-state index contributed by atoms with van der Waals surface area (Å²) in [5.41, 5.74) is 15.6. The van der Waals surface area contributed by atoms with Crippen molar-refractivity contribution in [1.29, 1.82) is 0 Å². The van der Waals surface area contributed by atoms with Gasteiger partial charge in [0, 0.05) is 37.2 Å². The second kappa shape index (κ2) is 14.3. The van der Waals surface area contributed by atoms with Gasteiger partial charge in [-0.1, -0.05) is 200 Å². The minimum Gasteiger partial charge on any atom is -0.311 e. The Morgan fingerprint density at radius 1 is 0.311 bits per heavy atom. The molecule has 1 aliphatic rings. The van der Waals surface area contributed by atoms with Crippen molar-refractivity contribution in [1.82, 2.24) is 0 Å². The second-order valence-electron chi connectivity index (χ2n) is 16.0. The first-order chi connectivity index (χ1) is 30.3. The first kappa shape index (κ1) is 35.4. The molecule has 0 bridgehead atoms. The normalized spacial score (nSPS) is 12.7. The number of rotatable bonds is 7. The number of nitrogens with zero attached hydrogens (tertiary/aromatic N) is 1. The Morgan fingerprint density at radius 2 is 0.803 bits per heavy atom. The van der Waals surface area contributed by atoms with Crippen LogP contribution in [0, 0.1) is 0 Å². The van der Waals surface area contributed by atoms with Crippen molar-refractivity contribution in [3.05, 3.63) is 259 Å². The van der Waals surface area contributed by atoms with Gasteiger partial charge in [-0.3, -0.25) is 0 Å². The molecule has 0 radical (unpaired) electrons. The maximum absolute atomic E-state index is 2.36. The highest BCUT2D eigenvalue weighted by Crippen LogP contribution is 2.58. The van der Waals surface area contributed by atoms with E-state index in [0.717, 1.165) is 17.1 Å². The van der Waals surface area contributed by atoms with Gasteiger partial charge in [0.25, 0.3) is 0 Å². The molecule has 0 saturated heterocycles. The number of para-hydroxylation sites is 1. The fourth-order valence-corrected chi connectivity index (χ4v) is 11.5. The molecule has 12 rings (SSSR count). The van der Waals surface area contributed by atoms with Gasteiger partial charge in [-0.15, -0.1) is 11.3 Å². The third-order valence-corrected chi connectivity index (χ3v) is 14.0. The summed E-state index contributed by atoms with van der Waals surface area (Å²) in [6.45, 7) is 0. The van der Waals surface area contributed by atoms with Gasteiger partial charge in [0.2, 0.25) is 0 Å². The van der Waals surface area contributed by atoms with Crippen LogP contribution in [0.1, 0.15) is 22.3 Å². The number of thiophene rings is 1. The Morgan fingerprint density at radius 3 is 1.51 bits per heavy atom. The Kier molecular flexibility index (Phi) is 8.33. The monoisotopic (exact) mass is 793 g/mol. The van der Waals surface area contributed by atoms with Gasteiger partial charge >= 0.3 is 0 Å². The summed E-state index contributed by atoms with van der Waals surface area (Å²) in [6, 6.07) is 86.9. The first-order valence-corrected chi connectivity index (χ1v) is 21.8. The van der Waals surface area contributed by atoms with Crippen molar-refractivity contribution >= 4 is 59.3 Å². The number of fused-ring (bicyclic) bond motifs is 8. The molecule has 0 amide bonds. The molecule has 61 heavy (non-hydrogen) atoms. The zero-order valence-electron chi connectivity index (χ0n) is 33.4. The molecule has 286 valence electrons. The van der Waals surface area contributed by atoms with E-state index in [2.05, 4.69) is 241 Å². The summed E-state index contributed by atoms with van der Waals surface area (Å²) in [7, 11) is 0. The van der Waals surface area contributed by atoms with Crippen LogP contribution in [0.4, 0.5) is 17.1 Å². The van der Waals surface area contributed by atoms with Crippen molar-refractivity contribution < 1.29 is 0 Å². The highest BCUT2D eigenvalue weighted by atomic mass is 32.1. The highest BCUT2D eigenvalue weighted by Gasteiger charge is 2.46. The van der Waals surface area contributed by atoms with Crippen LogP contribution < -0.4 is 4.90 Å². The van der Waals surface area contributed by atoms with E-state index >= 15 is 0 Å². The van der Waals surface area contributed by atoms with E-state index < -0.39 is 5.41 Å². The number of benzene rings is 10. The molecular formula is C59H39NS. The maximum Gasteiger partial charge on any atom is 0.0713 e. The summed E-state index contributed by atoms with van der Waals surface area (Å²) in [4.78, 5) is 2.36. The van der Waals surface area contributed by atoms with Crippen LogP contribution in [0.5, 0.6) is 0 Å². The molecule has 0 unspecified atom stereocenters. The summed E-state index contributed by atoms with van der Waals surface area (Å²) >= 11 is 1.91. The maximum atomic E-state index is 2.36. The van der Waals surface area contributed by atoms with Crippen LogP contribution in [0.2, 0.25) is 0 Å². The lowest BCUT2D eigenvalue weighted by Gasteiger charge is -2.34. The van der Waals surface area contributed by atoms with Gasteiger partial charge in [-0.25, -0.2) is 0 Å². The number of hydrogen-bond donors (Lipinski definition) is 0. The van der Waals surface area contributed by atoms with E-state index in [1.165, 1.54) is 86.6 Å². The fourth-order valence-electron chi connectivity index (χ4n) is 10.1. The van der Waals surface area contributed by atoms with Crippen molar-refractivity contribution in [2.75, 3.05) is 4.90 Å². The van der Waals surface area contributed by atoms with Crippen LogP contribution in [0.15, 0.2) is 237 Å². The standard InChI is InChI=1S/C59H39NS/c1-4-17-43(18-5-1)59(44-19-6-2-7-20-44)54-28-13-12-24-53(54)56-48(25-15-29-55(56)59)41-30-35-46(36-31-41)60(45-21-8-3-9-22-45)47-37-32-42(33-38-47)50-26-14-27-51-52-39-34-40-16-10-11-23-49(40)58(52)61-57(50)51/h1-39H. The van der Waals surface area contributed by atoms with Crippen LogP contribution in [-0.2, 0) is 5.41 Å². The zero-order chi connectivity index (χ0) is 40.3. The minimum atomic E-state index is -0.433. The Labute approximate surface area is 360 Å². The molecule has 2 heteroatoms.